The first-order valence-electron chi connectivity index (χ1n) is 9.11. The summed E-state index contributed by atoms with van der Waals surface area (Å²) < 4.78 is 1.65. The van der Waals surface area contributed by atoms with Gasteiger partial charge in [-0.25, -0.2) is 4.68 Å². The molecule has 7 N–H and O–H groups in total. The van der Waals surface area contributed by atoms with E-state index in [-0.39, 0.29) is 11.6 Å². The maximum absolute atomic E-state index is 10.00. The number of nitrogens with two attached hydrogens (primary N) is 3. The zero-order valence-electron chi connectivity index (χ0n) is 15.8. The van der Waals surface area contributed by atoms with Gasteiger partial charge in [-0.3, -0.25) is 0 Å². The van der Waals surface area contributed by atoms with Gasteiger partial charge >= 0.3 is 0 Å². The highest BCUT2D eigenvalue weighted by Crippen LogP contribution is 2.31. The average Bonchev–Trinajstić information content (AvgIpc) is 3.28. The largest absolute Gasteiger partial charge is 0.507 e. The first-order valence-corrected chi connectivity index (χ1v) is 9.11. The standard InChI is InChI=1S/C20H28N6O/c1-13(14-7-8-25(2)11-14)15-10-24-26(12-15)18(20(22)23)9-17(21)16-5-3-4-6-19(16)27/h3-6,9-10,12-14,27H,7-8,11,21-23H2,1-2H3/b17-9-. The lowest BCUT2D eigenvalue weighted by molar-refractivity contribution is 0.377. The first-order chi connectivity index (χ1) is 12.9. The molecule has 0 amide bonds. The summed E-state index contributed by atoms with van der Waals surface area (Å²) in [5.41, 5.74) is 20.4. The van der Waals surface area contributed by atoms with Crippen molar-refractivity contribution in [2.45, 2.75) is 19.3 Å². The third kappa shape index (κ3) is 4.09. The van der Waals surface area contributed by atoms with Crippen LogP contribution in [-0.4, -0.2) is 39.9 Å². The lowest BCUT2D eigenvalue weighted by Gasteiger charge is -2.17. The topological polar surface area (TPSA) is 119 Å². The highest BCUT2D eigenvalue weighted by atomic mass is 16.3. The van der Waals surface area contributed by atoms with Gasteiger partial charge in [-0.15, -0.1) is 0 Å². The number of hydrogen-bond acceptors (Lipinski definition) is 6. The maximum Gasteiger partial charge on any atom is 0.124 e. The average molecular weight is 368 g/mol. The fourth-order valence-corrected chi connectivity index (χ4v) is 3.58. The predicted molar refractivity (Wildman–Crippen MR) is 108 cm³/mol. The minimum Gasteiger partial charge on any atom is -0.507 e. The smallest absolute Gasteiger partial charge is 0.124 e. The zero-order valence-corrected chi connectivity index (χ0v) is 15.8. The Labute approximate surface area is 159 Å². The fourth-order valence-electron chi connectivity index (χ4n) is 3.58. The Kier molecular flexibility index (Phi) is 5.41. The Hall–Kier alpha value is -2.93. The summed E-state index contributed by atoms with van der Waals surface area (Å²) in [6.07, 6.45) is 6.63. The molecule has 7 nitrogen and oxygen atoms in total. The molecule has 1 aliphatic heterocycles. The van der Waals surface area contributed by atoms with Crippen LogP contribution in [0.1, 0.15) is 30.4 Å². The second-order valence-corrected chi connectivity index (χ2v) is 7.28. The van der Waals surface area contributed by atoms with Crippen LogP contribution in [0.4, 0.5) is 0 Å². The van der Waals surface area contributed by atoms with Gasteiger partial charge in [0.15, 0.2) is 0 Å². The normalized spacial score (nSPS) is 19.2. The van der Waals surface area contributed by atoms with Crippen LogP contribution >= 0.6 is 0 Å². The fraction of sp³-hybridized carbons (Fsp3) is 0.350. The van der Waals surface area contributed by atoms with Crippen molar-refractivity contribution in [1.29, 1.82) is 0 Å². The summed E-state index contributed by atoms with van der Waals surface area (Å²) in [6.45, 7) is 4.45. The Bertz CT molecular complexity index is 865. The van der Waals surface area contributed by atoms with E-state index in [9.17, 15) is 5.11 Å². The van der Waals surface area contributed by atoms with Gasteiger partial charge in [0, 0.05) is 24.0 Å². The number of hydrogen-bond donors (Lipinski definition) is 4. The van der Waals surface area contributed by atoms with Gasteiger partial charge in [-0.1, -0.05) is 19.1 Å². The number of nitrogens with zero attached hydrogens (tertiary/aromatic N) is 3. The molecule has 0 spiro atoms. The quantitative estimate of drug-likeness (QED) is 0.596. The number of aromatic hydroxyl groups is 1. The third-order valence-corrected chi connectivity index (χ3v) is 5.31. The first kappa shape index (κ1) is 18.8. The van der Waals surface area contributed by atoms with Crippen molar-refractivity contribution in [3.63, 3.8) is 0 Å². The molecule has 1 aromatic carbocycles. The van der Waals surface area contributed by atoms with E-state index in [1.165, 1.54) is 6.42 Å². The van der Waals surface area contributed by atoms with Gasteiger partial charge in [0.25, 0.3) is 0 Å². The van der Waals surface area contributed by atoms with Crippen LogP contribution in [0.3, 0.4) is 0 Å². The van der Waals surface area contributed by atoms with Crippen LogP contribution in [0, 0.1) is 5.92 Å². The summed E-state index contributed by atoms with van der Waals surface area (Å²) in [6, 6.07) is 6.86. The number of phenols is 1. The molecule has 27 heavy (non-hydrogen) atoms. The Morgan fingerprint density at radius 1 is 1.30 bits per heavy atom. The molecule has 0 saturated carbocycles. The molecule has 2 heterocycles. The van der Waals surface area contributed by atoms with Crippen molar-refractivity contribution in [1.82, 2.24) is 14.7 Å². The number of likely N-dealkylation sites (tertiary alicyclic amines) is 1. The molecule has 0 bridgehead atoms. The van der Waals surface area contributed by atoms with E-state index in [4.69, 9.17) is 17.2 Å². The van der Waals surface area contributed by atoms with E-state index in [2.05, 4.69) is 24.0 Å². The van der Waals surface area contributed by atoms with Crippen molar-refractivity contribution in [3.8, 4) is 5.75 Å². The molecule has 1 fully saturated rings. The van der Waals surface area contributed by atoms with E-state index in [0.29, 0.717) is 28.8 Å². The second-order valence-electron chi connectivity index (χ2n) is 7.28. The van der Waals surface area contributed by atoms with Crippen LogP contribution in [0.5, 0.6) is 5.75 Å². The predicted octanol–water partition coefficient (Wildman–Crippen LogP) is 1.69. The summed E-state index contributed by atoms with van der Waals surface area (Å²) in [7, 11) is 2.15. The molecule has 1 saturated heterocycles. The molecule has 2 atom stereocenters. The molecule has 0 aliphatic carbocycles. The van der Waals surface area contributed by atoms with Gasteiger partial charge < -0.3 is 27.2 Å². The van der Waals surface area contributed by atoms with Crippen molar-refractivity contribution >= 4 is 11.4 Å². The molecule has 1 aromatic heterocycles. The second kappa shape index (κ2) is 7.75. The van der Waals surface area contributed by atoms with E-state index in [1.54, 1.807) is 35.0 Å². The summed E-state index contributed by atoms with van der Waals surface area (Å²) in [5.74, 6) is 1.21. The van der Waals surface area contributed by atoms with Gasteiger partial charge in [0.2, 0.25) is 0 Å². The SMILES string of the molecule is CC(c1cnn(C(/C=C(\N)c2ccccc2O)=C(N)N)c1)C1CCN(C)C1. The molecule has 3 rings (SSSR count). The van der Waals surface area contributed by atoms with E-state index >= 15 is 0 Å². The van der Waals surface area contributed by atoms with Gasteiger partial charge in [0.1, 0.15) is 17.3 Å². The third-order valence-electron chi connectivity index (χ3n) is 5.31. The lowest BCUT2D eigenvalue weighted by atomic mass is 9.89. The molecular weight excluding hydrogens is 340 g/mol. The highest BCUT2D eigenvalue weighted by molar-refractivity contribution is 5.77. The van der Waals surface area contributed by atoms with Crippen molar-refractivity contribution in [3.05, 3.63) is 59.7 Å². The molecule has 1 aliphatic rings. The van der Waals surface area contributed by atoms with Gasteiger partial charge in [-0.2, -0.15) is 5.10 Å². The summed E-state index contributed by atoms with van der Waals surface area (Å²) in [5, 5.41) is 14.4. The van der Waals surface area contributed by atoms with Crippen LogP contribution in [0.15, 0.2) is 48.6 Å². The minimum atomic E-state index is 0.0984. The van der Waals surface area contributed by atoms with Crippen molar-refractivity contribution in [2.75, 3.05) is 20.1 Å². The van der Waals surface area contributed by atoms with Gasteiger partial charge in [0.05, 0.1) is 6.20 Å². The Morgan fingerprint density at radius 3 is 2.67 bits per heavy atom. The Morgan fingerprint density at radius 2 is 2.04 bits per heavy atom. The molecule has 0 radical (unpaired) electrons. The number of phenolic OH excluding ortho intramolecular Hbond substituents is 1. The van der Waals surface area contributed by atoms with Crippen molar-refractivity contribution < 1.29 is 5.11 Å². The molecular formula is C20H28N6O. The summed E-state index contributed by atoms with van der Waals surface area (Å²) >= 11 is 0. The number of para-hydroxylation sites is 1. The number of benzene rings is 1. The number of aromatic nitrogens is 2. The van der Waals surface area contributed by atoms with Crippen LogP contribution in [-0.2, 0) is 0 Å². The monoisotopic (exact) mass is 368 g/mol. The van der Waals surface area contributed by atoms with Gasteiger partial charge in [-0.05, 0) is 55.6 Å². The lowest BCUT2D eigenvalue weighted by Crippen LogP contribution is -2.17. The Balaban J connectivity index is 1.87. The number of rotatable bonds is 5. The maximum atomic E-state index is 10.00. The molecule has 2 unspecified atom stereocenters. The molecule has 144 valence electrons. The zero-order chi connectivity index (χ0) is 19.6. The molecule has 2 aromatic rings. The van der Waals surface area contributed by atoms with Crippen LogP contribution in [0.2, 0.25) is 0 Å². The van der Waals surface area contributed by atoms with Crippen LogP contribution < -0.4 is 17.2 Å². The van der Waals surface area contributed by atoms with E-state index in [0.717, 1.165) is 18.7 Å². The highest BCUT2D eigenvalue weighted by Gasteiger charge is 2.26. The van der Waals surface area contributed by atoms with Crippen LogP contribution in [0.25, 0.3) is 11.4 Å². The summed E-state index contributed by atoms with van der Waals surface area (Å²) in [4.78, 5) is 2.35. The number of allylic oxidation sites excluding steroid dienone is 2. The van der Waals surface area contributed by atoms with Crippen molar-refractivity contribution in [2.24, 2.45) is 23.1 Å². The molecule has 7 heteroatoms. The minimum absolute atomic E-state index is 0.0984. The van der Waals surface area contributed by atoms with E-state index < -0.39 is 0 Å². The van der Waals surface area contributed by atoms with E-state index in [1.807, 2.05) is 12.4 Å².